The van der Waals surface area contributed by atoms with E-state index in [0.29, 0.717) is 11.4 Å². The molecule has 84 valence electrons. The van der Waals surface area contributed by atoms with Crippen molar-refractivity contribution in [3.8, 4) is 5.75 Å². The molecule has 1 aromatic rings. The minimum Gasteiger partial charge on any atom is -0.495 e. The molecule has 5 heteroatoms. The topological polar surface area (TPSA) is 55.4 Å². The van der Waals surface area contributed by atoms with Gasteiger partial charge in [0, 0.05) is 0 Å². The highest BCUT2D eigenvalue weighted by molar-refractivity contribution is 7.92. The first kappa shape index (κ1) is 11.8. The predicted molar refractivity (Wildman–Crippen MR) is 60.8 cm³/mol. The van der Waals surface area contributed by atoms with Crippen LogP contribution in [0.1, 0.15) is 12.5 Å². The predicted octanol–water partition coefficient (Wildman–Crippen LogP) is 1.77. The van der Waals surface area contributed by atoms with Crippen LogP contribution in [-0.4, -0.2) is 21.3 Å². The van der Waals surface area contributed by atoms with Crippen molar-refractivity contribution in [2.75, 3.05) is 17.6 Å². The van der Waals surface area contributed by atoms with Gasteiger partial charge in [-0.25, -0.2) is 8.42 Å². The maximum absolute atomic E-state index is 11.4. The van der Waals surface area contributed by atoms with Crippen molar-refractivity contribution in [1.82, 2.24) is 0 Å². The number of sulfonamides is 1. The van der Waals surface area contributed by atoms with Gasteiger partial charge in [0.25, 0.3) is 0 Å². The van der Waals surface area contributed by atoms with Gasteiger partial charge in [-0.1, -0.05) is 6.07 Å². The summed E-state index contributed by atoms with van der Waals surface area (Å²) in [6.07, 6.45) is 0. The van der Waals surface area contributed by atoms with E-state index < -0.39 is 10.0 Å². The van der Waals surface area contributed by atoms with Crippen LogP contribution in [0.25, 0.3) is 0 Å². The molecule has 0 atom stereocenters. The molecule has 1 rings (SSSR count). The Labute approximate surface area is 90.3 Å². The van der Waals surface area contributed by atoms with Gasteiger partial charge in [-0.15, -0.1) is 0 Å². The second-order valence-electron chi connectivity index (χ2n) is 3.21. The lowest BCUT2D eigenvalue weighted by Crippen LogP contribution is -2.15. The van der Waals surface area contributed by atoms with Gasteiger partial charge in [0.2, 0.25) is 10.0 Å². The van der Waals surface area contributed by atoms with Gasteiger partial charge >= 0.3 is 0 Å². The second-order valence-corrected chi connectivity index (χ2v) is 5.22. The second kappa shape index (κ2) is 4.53. The molecule has 0 aliphatic carbocycles. The first-order valence-corrected chi connectivity index (χ1v) is 6.29. The van der Waals surface area contributed by atoms with Crippen LogP contribution in [0.5, 0.6) is 5.75 Å². The van der Waals surface area contributed by atoms with E-state index in [1.165, 1.54) is 7.11 Å². The molecule has 0 aromatic heterocycles. The van der Waals surface area contributed by atoms with Gasteiger partial charge in [-0.3, -0.25) is 4.72 Å². The van der Waals surface area contributed by atoms with Crippen molar-refractivity contribution in [3.05, 3.63) is 23.8 Å². The van der Waals surface area contributed by atoms with Gasteiger partial charge in [0.1, 0.15) is 5.75 Å². The lowest BCUT2D eigenvalue weighted by molar-refractivity contribution is 0.417. The van der Waals surface area contributed by atoms with Crippen LogP contribution in [-0.2, 0) is 10.0 Å². The number of hydrogen-bond acceptors (Lipinski definition) is 3. The minimum absolute atomic E-state index is 0.0457. The van der Waals surface area contributed by atoms with E-state index in [4.69, 9.17) is 4.74 Å². The average molecular weight is 229 g/mol. The number of rotatable bonds is 4. The maximum Gasteiger partial charge on any atom is 0.232 e. The Kier molecular flexibility index (Phi) is 3.57. The van der Waals surface area contributed by atoms with Crippen LogP contribution in [0.4, 0.5) is 5.69 Å². The van der Waals surface area contributed by atoms with Crippen molar-refractivity contribution < 1.29 is 13.2 Å². The molecule has 0 saturated heterocycles. The summed E-state index contributed by atoms with van der Waals surface area (Å²) >= 11 is 0. The van der Waals surface area contributed by atoms with E-state index in [9.17, 15) is 8.42 Å². The molecular formula is C10H15NO3S. The Morgan fingerprint density at radius 1 is 1.40 bits per heavy atom. The fourth-order valence-electron chi connectivity index (χ4n) is 1.14. The summed E-state index contributed by atoms with van der Waals surface area (Å²) in [4.78, 5) is 0. The summed E-state index contributed by atoms with van der Waals surface area (Å²) in [6.45, 7) is 3.48. The summed E-state index contributed by atoms with van der Waals surface area (Å²) in [5.74, 6) is 0.571. The van der Waals surface area contributed by atoms with Crippen molar-refractivity contribution in [1.29, 1.82) is 0 Å². The van der Waals surface area contributed by atoms with Crippen molar-refractivity contribution in [2.45, 2.75) is 13.8 Å². The normalized spacial score (nSPS) is 11.1. The molecule has 1 N–H and O–H groups in total. The summed E-state index contributed by atoms with van der Waals surface area (Å²) in [5.41, 5.74) is 1.46. The van der Waals surface area contributed by atoms with Gasteiger partial charge in [-0.05, 0) is 31.5 Å². The van der Waals surface area contributed by atoms with E-state index >= 15 is 0 Å². The molecule has 0 spiro atoms. The van der Waals surface area contributed by atoms with Crippen molar-refractivity contribution in [2.24, 2.45) is 0 Å². The van der Waals surface area contributed by atoms with E-state index in [1.54, 1.807) is 19.1 Å². The number of hydrogen-bond donors (Lipinski definition) is 1. The Morgan fingerprint density at radius 2 is 2.07 bits per heavy atom. The maximum atomic E-state index is 11.4. The lowest BCUT2D eigenvalue weighted by atomic mass is 10.2. The smallest absolute Gasteiger partial charge is 0.232 e. The minimum atomic E-state index is -3.25. The quantitative estimate of drug-likeness (QED) is 0.856. The number of anilines is 1. The Hall–Kier alpha value is -1.23. The molecule has 4 nitrogen and oxygen atoms in total. The van der Waals surface area contributed by atoms with Crippen LogP contribution in [0.15, 0.2) is 18.2 Å². The number of ether oxygens (including phenoxy) is 1. The van der Waals surface area contributed by atoms with E-state index in [-0.39, 0.29) is 5.75 Å². The number of methoxy groups -OCH3 is 1. The third-order valence-electron chi connectivity index (χ3n) is 2.00. The molecule has 1 aromatic carbocycles. The average Bonchev–Trinajstić information content (AvgIpc) is 2.18. The van der Waals surface area contributed by atoms with E-state index in [0.717, 1.165) is 5.56 Å². The highest BCUT2D eigenvalue weighted by Gasteiger charge is 2.10. The Morgan fingerprint density at radius 3 is 2.60 bits per heavy atom. The lowest BCUT2D eigenvalue weighted by Gasteiger charge is -2.11. The first-order valence-electron chi connectivity index (χ1n) is 4.63. The summed E-state index contributed by atoms with van der Waals surface area (Å²) in [5, 5.41) is 0. The third kappa shape index (κ3) is 3.13. The number of nitrogens with one attached hydrogen (secondary N) is 1. The highest BCUT2D eigenvalue weighted by Crippen LogP contribution is 2.26. The van der Waals surface area contributed by atoms with Crippen LogP contribution >= 0.6 is 0 Å². The van der Waals surface area contributed by atoms with Crippen LogP contribution in [0.2, 0.25) is 0 Å². The van der Waals surface area contributed by atoms with Gasteiger partial charge in [0.15, 0.2) is 0 Å². The van der Waals surface area contributed by atoms with Gasteiger partial charge in [0.05, 0.1) is 18.6 Å². The molecule has 0 aliphatic rings. The monoisotopic (exact) mass is 229 g/mol. The van der Waals surface area contributed by atoms with Crippen LogP contribution in [0, 0.1) is 6.92 Å². The molecule has 0 fully saturated rings. The molecular weight excluding hydrogens is 214 g/mol. The van der Waals surface area contributed by atoms with Crippen LogP contribution in [0.3, 0.4) is 0 Å². The van der Waals surface area contributed by atoms with Gasteiger partial charge < -0.3 is 4.74 Å². The Bertz CT molecular complexity index is 440. The largest absolute Gasteiger partial charge is 0.495 e. The van der Waals surface area contributed by atoms with Crippen LogP contribution < -0.4 is 9.46 Å². The summed E-state index contributed by atoms with van der Waals surface area (Å²) < 4.78 is 30.3. The zero-order valence-electron chi connectivity index (χ0n) is 9.07. The van der Waals surface area contributed by atoms with E-state index in [1.807, 2.05) is 13.0 Å². The number of aryl methyl sites for hydroxylation is 1. The highest BCUT2D eigenvalue weighted by atomic mass is 32.2. The summed E-state index contributed by atoms with van der Waals surface area (Å²) in [6, 6.07) is 5.34. The SMILES string of the molecule is CCS(=O)(=O)Nc1cc(C)ccc1OC. The van der Waals surface area contributed by atoms with E-state index in [2.05, 4.69) is 4.72 Å². The third-order valence-corrected chi connectivity index (χ3v) is 3.29. The first-order chi connectivity index (χ1) is 6.98. The molecule has 0 radical (unpaired) electrons. The van der Waals surface area contributed by atoms with Crippen molar-refractivity contribution in [3.63, 3.8) is 0 Å². The molecule has 0 unspecified atom stereocenters. The zero-order valence-corrected chi connectivity index (χ0v) is 9.89. The number of benzene rings is 1. The fourth-order valence-corrected chi connectivity index (χ4v) is 1.78. The molecule has 0 bridgehead atoms. The molecule has 0 amide bonds. The summed E-state index contributed by atoms with van der Waals surface area (Å²) in [7, 11) is -1.74. The Balaban J connectivity index is 3.08. The zero-order chi connectivity index (χ0) is 11.5. The van der Waals surface area contributed by atoms with Crippen molar-refractivity contribution >= 4 is 15.7 Å². The molecule has 0 aliphatic heterocycles. The molecule has 15 heavy (non-hydrogen) atoms. The molecule has 0 heterocycles. The fraction of sp³-hybridized carbons (Fsp3) is 0.400. The standard InChI is InChI=1S/C10H15NO3S/c1-4-15(12,13)11-9-7-8(2)5-6-10(9)14-3/h5-7,11H,4H2,1-3H3. The van der Waals surface area contributed by atoms with Gasteiger partial charge in [-0.2, -0.15) is 0 Å². The molecule has 0 saturated carbocycles.